The predicted molar refractivity (Wildman–Crippen MR) is 74.5 cm³/mol. The van der Waals surface area contributed by atoms with Crippen molar-refractivity contribution in [2.24, 2.45) is 5.92 Å². The van der Waals surface area contributed by atoms with E-state index in [1.807, 2.05) is 0 Å². The second-order valence-electron chi connectivity index (χ2n) is 6.37. The minimum Gasteiger partial charge on any atom is -0.481 e. The SMILES string of the molecule is CC(C)(C)c1cc(CN2CCOCC(C(=O)O)C2)[nH]n1. The Morgan fingerprint density at radius 3 is 2.95 bits per heavy atom. The van der Waals surface area contributed by atoms with Gasteiger partial charge in [-0.1, -0.05) is 20.8 Å². The maximum Gasteiger partial charge on any atom is 0.310 e. The average molecular weight is 281 g/mol. The summed E-state index contributed by atoms with van der Waals surface area (Å²) in [6.45, 7) is 9.16. The summed E-state index contributed by atoms with van der Waals surface area (Å²) < 4.78 is 5.35. The minimum absolute atomic E-state index is 0.0141. The van der Waals surface area contributed by atoms with Gasteiger partial charge in [0.25, 0.3) is 0 Å². The smallest absolute Gasteiger partial charge is 0.310 e. The standard InChI is InChI=1S/C14H23N3O3/c1-14(2,3)12-6-11(15-16-12)8-17-4-5-20-9-10(7-17)13(18)19/h6,10H,4-5,7-9H2,1-3H3,(H,15,16)(H,18,19). The van der Waals surface area contributed by atoms with Gasteiger partial charge in [0.15, 0.2) is 0 Å². The van der Waals surface area contributed by atoms with Gasteiger partial charge in [0.1, 0.15) is 0 Å². The molecule has 0 saturated carbocycles. The number of hydrogen-bond donors (Lipinski definition) is 2. The summed E-state index contributed by atoms with van der Waals surface area (Å²) >= 11 is 0. The molecule has 20 heavy (non-hydrogen) atoms. The number of aromatic amines is 1. The molecule has 0 spiro atoms. The Morgan fingerprint density at radius 2 is 2.35 bits per heavy atom. The zero-order valence-corrected chi connectivity index (χ0v) is 12.3. The molecule has 0 bridgehead atoms. The van der Waals surface area contributed by atoms with E-state index in [0.29, 0.717) is 26.3 Å². The molecule has 6 heteroatoms. The lowest BCUT2D eigenvalue weighted by Gasteiger charge is -2.20. The summed E-state index contributed by atoms with van der Waals surface area (Å²) in [6.07, 6.45) is 0. The highest BCUT2D eigenvalue weighted by Gasteiger charge is 2.25. The zero-order chi connectivity index (χ0) is 14.8. The van der Waals surface area contributed by atoms with Crippen LogP contribution in [0.15, 0.2) is 6.07 Å². The lowest BCUT2D eigenvalue weighted by Crippen LogP contribution is -2.33. The molecule has 1 aromatic heterocycles. The first-order chi connectivity index (χ1) is 9.36. The molecule has 0 radical (unpaired) electrons. The summed E-state index contributed by atoms with van der Waals surface area (Å²) in [5, 5.41) is 16.5. The second kappa shape index (κ2) is 5.93. The van der Waals surface area contributed by atoms with Crippen LogP contribution >= 0.6 is 0 Å². The Kier molecular flexibility index (Phi) is 4.45. The first kappa shape index (κ1) is 15.0. The van der Waals surface area contributed by atoms with Crippen LogP contribution in [0.3, 0.4) is 0 Å². The lowest BCUT2D eigenvalue weighted by molar-refractivity contribution is -0.143. The predicted octanol–water partition coefficient (Wildman–Crippen LogP) is 1.24. The summed E-state index contributed by atoms with van der Waals surface area (Å²) in [5.74, 6) is -1.25. The molecule has 1 saturated heterocycles. The Bertz CT molecular complexity index is 464. The molecule has 1 aliphatic rings. The maximum absolute atomic E-state index is 11.1. The van der Waals surface area contributed by atoms with Crippen LogP contribution in [0.25, 0.3) is 0 Å². The number of H-pyrrole nitrogens is 1. The van der Waals surface area contributed by atoms with Gasteiger partial charge in [0.05, 0.1) is 24.8 Å². The van der Waals surface area contributed by atoms with Crippen molar-refractivity contribution in [3.63, 3.8) is 0 Å². The molecule has 2 heterocycles. The van der Waals surface area contributed by atoms with E-state index in [0.717, 1.165) is 17.9 Å². The maximum atomic E-state index is 11.1. The summed E-state index contributed by atoms with van der Waals surface area (Å²) in [4.78, 5) is 13.2. The third-order valence-corrected chi connectivity index (χ3v) is 3.49. The molecule has 1 atom stereocenters. The number of nitrogens with zero attached hydrogens (tertiary/aromatic N) is 2. The molecule has 0 aromatic carbocycles. The molecule has 1 unspecified atom stereocenters. The van der Waals surface area contributed by atoms with Gasteiger partial charge in [-0.3, -0.25) is 14.8 Å². The molecule has 0 amide bonds. The highest BCUT2D eigenvalue weighted by atomic mass is 16.5. The normalized spacial score (nSPS) is 21.6. The fourth-order valence-corrected chi connectivity index (χ4v) is 2.24. The van der Waals surface area contributed by atoms with Gasteiger partial charge in [-0.25, -0.2) is 0 Å². The largest absolute Gasteiger partial charge is 0.481 e. The van der Waals surface area contributed by atoms with Crippen LogP contribution in [0.1, 0.15) is 32.2 Å². The quantitative estimate of drug-likeness (QED) is 0.871. The number of hydrogen-bond acceptors (Lipinski definition) is 4. The lowest BCUT2D eigenvalue weighted by atomic mass is 9.92. The highest BCUT2D eigenvalue weighted by Crippen LogP contribution is 2.21. The molecule has 1 fully saturated rings. The van der Waals surface area contributed by atoms with Gasteiger partial charge >= 0.3 is 5.97 Å². The fraction of sp³-hybridized carbons (Fsp3) is 0.714. The van der Waals surface area contributed by atoms with Gasteiger partial charge < -0.3 is 9.84 Å². The summed E-state index contributed by atoms with van der Waals surface area (Å²) in [7, 11) is 0. The van der Waals surface area contributed by atoms with Crippen molar-refractivity contribution in [2.45, 2.75) is 32.7 Å². The van der Waals surface area contributed by atoms with Crippen molar-refractivity contribution in [1.82, 2.24) is 15.1 Å². The molecule has 2 N–H and O–H groups in total. The number of aliphatic carboxylic acids is 1. The van der Waals surface area contributed by atoms with Crippen molar-refractivity contribution < 1.29 is 14.6 Å². The summed E-state index contributed by atoms with van der Waals surface area (Å²) in [5.41, 5.74) is 2.05. The molecule has 1 aromatic rings. The van der Waals surface area contributed by atoms with Crippen molar-refractivity contribution in [1.29, 1.82) is 0 Å². The number of carboxylic acid groups (broad SMARTS) is 1. The van der Waals surface area contributed by atoms with Crippen LogP contribution < -0.4 is 0 Å². The van der Waals surface area contributed by atoms with Gasteiger partial charge in [-0.15, -0.1) is 0 Å². The first-order valence-corrected chi connectivity index (χ1v) is 6.94. The second-order valence-corrected chi connectivity index (χ2v) is 6.37. The Balaban J connectivity index is 2.01. The van der Waals surface area contributed by atoms with Crippen LogP contribution in [-0.4, -0.2) is 52.5 Å². The van der Waals surface area contributed by atoms with Gasteiger partial charge in [-0.2, -0.15) is 5.10 Å². The van der Waals surface area contributed by atoms with E-state index in [-0.39, 0.29) is 5.41 Å². The molecule has 1 aliphatic heterocycles. The Hall–Kier alpha value is -1.40. The highest BCUT2D eigenvalue weighted by molar-refractivity contribution is 5.70. The van der Waals surface area contributed by atoms with Crippen LogP contribution in [0.5, 0.6) is 0 Å². The van der Waals surface area contributed by atoms with Crippen LogP contribution in [-0.2, 0) is 21.5 Å². The van der Waals surface area contributed by atoms with Crippen LogP contribution in [0, 0.1) is 5.92 Å². The van der Waals surface area contributed by atoms with Gasteiger partial charge in [-0.05, 0) is 6.07 Å². The zero-order valence-electron chi connectivity index (χ0n) is 12.3. The van der Waals surface area contributed by atoms with Crippen molar-refractivity contribution in [3.8, 4) is 0 Å². The summed E-state index contributed by atoms with van der Waals surface area (Å²) in [6, 6.07) is 2.06. The molecule has 112 valence electrons. The number of rotatable bonds is 3. The van der Waals surface area contributed by atoms with Crippen LogP contribution in [0.4, 0.5) is 0 Å². The molecule has 2 rings (SSSR count). The molecular weight excluding hydrogens is 258 g/mol. The van der Waals surface area contributed by atoms with E-state index in [1.165, 1.54) is 0 Å². The first-order valence-electron chi connectivity index (χ1n) is 6.94. The van der Waals surface area contributed by atoms with Crippen molar-refractivity contribution in [3.05, 3.63) is 17.5 Å². The van der Waals surface area contributed by atoms with E-state index < -0.39 is 11.9 Å². The number of carboxylic acids is 1. The third-order valence-electron chi connectivity index (χ3n) is 3.49. The fourth-order valence-electron chi connectivity index (χ4n) is 2.24. The van der Waals surface area contributed by atoms with Crippen molar-refractivity contribution >= 4 is 5.97 Å². The Labute approximate surface area is 119 Å². The van der Waals surface area contributed by atoms with E-state index in [2.05, 4.69) is 41.9 Å². The van der Waals surface area contributed by atoms with E-state index in [1.54, 1.807) is 0 Å². The van der Waals surface area contributed by atoms with E-state index >= 15 is 0 Å². The molecule has 0 aliphatic carbocycles. The average Bonchev–Trinajstić information content (AvgIpc) is 2.68. The minimum atomic E-state index is -0.795. The number of nitrogens with one attached hydrogen (secondary N) is 1. The molecular formula is C14H23N3O3. The van der Waals surface area contributed by atoms with E-state index in [9.17, 15) is 4.79 Å². The third kappa shape index (κ3) is 3.80. The van der Waals surface area contributed by atoms with Crippen LogP contribution in [0.2, 0.25) is 0 Å². The number of ether oxygens (including phenoxy) is 1. The number of carbonyl (C=O) groups is 1. The monoisotopic (exact) mass is 281 g/mol. The molecule has 6 nitrogen and oxygen atoms in total. The van der Waals surface area contributed by atoms with Crippen molar-refractivity contribution in [2.75, 3.05) is 26.3 Å². The van der Waals surface area contributed by atoms with Gasteiger partial charge in [0.2, 0.25) is 0 Å². The van der Waals surface area contributed by atoms with Gasteiger partial charge in [0, 0.05) is 30.7 Å². The number of aromatic nitrogens is 2. The van der Waals surface area contributed by atoms with E-state index in [4.69, 9.17) is 9.84 Å². The Morgan fingerprint density at radius 1 is 1.60 bits per heavy atom. The topological polar surface area (TPSA) is 78.5 Å².